The summed E-state index contributed by atoms with van der Waals surface area (Å²) in [6.07, 6.45) is 3.22. The van der Waals surface area contributed by atoms with Gasteiger partial charge in [0, 0.05) is 19.5 Å². The molecule has 0 aliphatic carbocycles. The van der Waals surface area contributed by atoms with Crippen molar-refractivity contribution in [2.75, 3.05) is 13.1 Å². The van der Waals surface area contributed by atoms with E-state index in [9.17, 15) is 9.59 Å². The molecular formula is C11H11N3O5. The van der Waals surface area contributed by atoms with Crippen molar-refractivity contribution < 1.29 is 23.5 Å². The third-order valence-corrected chi connectivity index (χ3v) is 4.24. The molecule has 2 bridgehead atoms. The lowest BCUT2D eigenvalue weighted by atomic mass is 9.80. The number of carbonyl (C=O) groups is 2. The molecule has 8 heteroatoms. The molecule has 1 aromatic heterocycles. The van der Waals surface area contributed by atoms with Crippen LogP contribution in [0.4, 0.5) is 0 Å². The van der Waals surface area contributed by atoms with Crippen LogP contribution in [-0.2, 0) is 24.5 Å². The molecule has 8 nitrogen and oxygen atoms in total. The fourth-order valence-corrected chi connectivity index (χ4v) is 3.23. The van der Waals surface area contributed by atoms with Crippen LogP contribution in [0.3, 0.4) is 0 Å². The van der Waals surface area contributed by atoms with Gasteiger partial charge in [0.15, 0.2) is 0 Å². The van der Waals surface area contributed by atoms with E-state index < -0.39 is 17.8 Å². The van der Waals surface area contributed by atoms with Crippen molar-refractivity contribution in [3.05, 3.63) is 12.3 Å². The van der Waals surface area contributed by atoms with Gasteiger partial charge in [0.2, 0.25) is 12.3 Å². The monoisotopic (exact) mass is 265 g/mol. The zero-order valence-electron chi connectivity index (χ0n) is 10.00. The highest BCUT2D eigenvalue weighted by molar-refractivity contribution is 6.31. The number of esters is 2. The molecule has 100 valence electrons. The lowest BCUT2D eigenvalue weighted by Crippen LogP contribution is -2.54. The van der Waals surface area contributed by atoms with Crippen LogP contribution in [0.25, 0.3) is 0 Å². The topological polar surface area (TPSA) is 94.8 Å². The Hall–Kier alpha value is -1.96. The first-order valence-electron chi connectivity index (χ1n) is 6.12. The molecule has 0 saturated carbocycles. The van der Waals surface area contributed by atoms with Crippen LogP contribution in [0.2, 0.25) is 0 Å². The van der Waals surface area contributed by atoms with Gasteiger partial charge in [-0.3, -0.25) is 0 Å². The highest BCUT2D eigenvalue weighted by Crippen LogP contribution is 2.49. The summed E-state index contributed by atoms with van der Waals surface area (Å²) >= 11 is 0. The fraction of sp³-hybridized carbons (Fsp3) is 0.636. The van der Waals surface area contributed by atoms with Crippen LogP contribution in [0.15, 0.2) is 10.8 Å². The van der Waals surface area contributed by atoms with Crippen molar-refractivity contribution in [2.45, 2.75) is 30.6 Å². The van der Waals surface area contributed by atoms with E-state index in [1.807, 2.05) is 4.90 Å². The van der Waals surface area contributed by atoms with Crippen LogP contribution in [0, 0.1) is 0 Å². The molecule has 2 atom stereocenters. The standard InChI is InChI=1S/C11H11N3O5/c15-7-8(16)19-11(18-7)2-1-10(3-4-14(11)5-10)9-13-12-6-17-9/h6H,1-5H2. The maximum absolute atomic E-state index is 11.3. The lowest BCUT2D eigenvalue weighted by Gasteiger charge is -2.40. The predicted octanol–water partition coefficient (Wildman–Crippen LogP) is -0.439. The van der Waals surface area contributed by atoms with Gasteiger partial charge >= 0.3 is 17.8 Å². The van der Waals surface area contributed by atoms with E-state index in [2.05, 4.69) is 10.2 Å². The van der Waals surface area contributed by atoms with Gasteiger partial charge in [-0.2, -0.15) is 0 Å². The third kappa shape index (κ3) is 1.31. The Morgan fingerprint density at radius 1 is 1.16 bits per heavy atom. The SMILES string of the molecule is O=C1OC2(CCC3(c4nnco4)CCN2C3)OC1=O. The maximum Gasteiger partial charge on any atom is 0.421 e. The molecule has 0 N–H and O–H groups in total. The number of carbonyl (C=O) groups excluding carboxylic acids is 2. The van der Waals surface area contributed by atoms with E-state index in [1.165, 1.54) is 6.39 Å². The molecule has 0 aromatic carbocycles. The zero-order valence-corrected chi connectivity index (χ0v) is 10.00. The van der Waals surface area contributed by atoms with Gasteiger partial charge in [0.05, 0.1) is 5.41 Å². The van der Waals surface area contributed by atoms with E-state index in [-0.39, 0.29) is 5.41 Å². The molecular weight excluding hydrogens is 254 g/mol. The Morgan fingerprint density at radius 3 is 2.63 bits per heavy atom. The summed E-state index contributed by atoms with van der Waals surface area (Å²) in [6, 6.07) is 0. The van der Waals surface area contributed by atoms with Gasteiger partial charge < -0.3 is 13.9 Å². The van der Waals surface area contributed by atoms with E-state index in [4.69, 9.17) is 13.9 Å². The Balaban J connectivity index is 1.65. The number of hydrogen-bond donors (Lipinski definition) is 0. The minimum atomic E-state index is -1.21. The van der Waals surface area contributed by atoms with Crippen LogP contribution >= 0.6 is 0 Å². The quantitative estimate of drug-likeness (QED) is 0.498. The molecule has 2 unspecified atom stereocenters. The largest absolute Gasteiger partial charge is 0.427 e. The average molecular weight is 265 g/mol. The minimum absolute atomic E-state index is 0.219. The Labute approximate surface area is 107 Å². The molecule has 3 fully saturated rings. The Bertz CT molecular complexity index is 541. The maximum atomic E-state index is 11.3. The fourth-order valence-electron chi connectivity index (χ4n) is 3.23. The zero-order chi connectivity index (χ0) is 13.1. The Morgan fingerprint density at radius 2 is 1.95 bits per heavy atom. The first-order chi connectivity index (χ1) is 9.14. The summed E-state index contributed by atoms with van der Waals surface area (Å²) in [5.41, 5.74) is -0.219. The van der Waals surface area contributed by atoms with Crippen molar-refractivity contribution in [1.82, 2.24) is 15.1 Å². The number of hydrogen-bond acceptors (Lipinski definition) is 8. The van der Waals surface area contributed by atoms with Crippen LogP contribution in [0.1, 0.15) is 25.2 Å². The normalized spacial score (nSPS) is 35.5. The molecule has 3 aliphatic rings. The van der Waals surface area contributed by atoms with Crippen LogP contribution < -0.4 is 0 Å². The summed E-state index contributed by atoms with van der Waals surface area (Å²) in [5, 5.41) is 7.71. The number of ether oxygens (including phenoxy) is 2. The van der Waals surface area contributed by atoms with Crippen molar-refractivity contribution in [3.8, 4) is 0 Å². The number of piperidine rings is 1. The van der Waals surface area contributed by atoms with E-state index in [1.54, 1.807) is 0 Å². The minimum Gasteiger partial charge on any atom is -0.427 e. The van der Waals surface area contributed by atoms with Gasteiger partial charge in [-0.1, -0.05) is 0 Å². The van der Waals surface area contributed by atoms with Crippen LogP contribution in [-0.4, -0.2) is 46.0 Å². The molecule has 3 saturated heterocycles. The molecule has 0 radical (unpaired) electrons. The first-order valence-corrected chi connectivity index (χ1v) is 6.12. The summed E-state index contributed by atoms with van der Waals surface area (Å²) < 4.78 is 15.6. The summed E-state index contributed by atoms with van der Waals surface area (Å²) in [6.45, 7) is 1.23. The summed E-state index contributed by atoms with van der Waals surface area (Å²) in [4.78, 5) is 24.4. The predicted molar refractivity (Wildman–Crippen MR) is 56.3 cm³/mol. The van der Waals surface area contributed by atoms with Crippen molar-refractivity contribution in [1.29, 1.82) is 0 Å². The molecule has 4 rings (SSSR count). The summed E-state index contributed by atoms with van der Waals surface area (Å²) in [5.74, 6) is -2.45. The molecule has 4 heterocycles. The van der Waals surface area contributed by atoms with Crippen molar-refractivity contribution in [2.24, 2.45) is 0 Å². The number of aromatic nitrogens is 2. The molecule has 3 aliphatic heterocycles. The number of nitrogens with zero attached hydrogens (tertiary/aromatic N) is 3. The highest BCUT2D eigenvalue weighted by atomic mass is 16.8. The second-order valence-electron chi connectivity index (χ2n) is 5.19. The van der Waals surface area contributed by atoms with Gasteiger partial charge in [0.1, 0.15) is 0 Å². The van der Waals surface area contributed by atoms with Crippen LogP contribution in [0.5, 0.6) is 0 Å². The molecule has 1 aromatic rings. The molecule has 0 amide bonds. The lowest BCUT2D eigenvalue weighted by molar-refractivity contribution is -0.259. The van der Waals surface area contributed by atoms with Gasteiger partial charge in [0.25, 0.3) is 0 Å². The van der Waals surface area contributed by atoms with Gasteiger partial charge in [-0.25, -0.2) is 14.5 Å². The van der Waals surface area contributed by atoms with Crippen molar-refractivity contribution in [3.63, 3.8) is 0 Å². The average Bonchev–Trinajstić information content (AvgIpc) is 3.08. The Kier molecular flexibility index (Phi) is 1.91. The molecule has 19 heavy (non-hydrogen) atoms. The summed E-state index contributed by atoms with van der Waals surface area (Å²) in [7, 11) is 0. The second kappa shape index (κ2) is 3.32. The van der Waals surface area contributed by atoms with E-state index in [0.29, 0.717) is 31.8 Å². The van der Waals surface area contributed by atoms with Gasteiger partial charge in [-0.15, -0.1) is 10.2 Å². The third-order valence-electron chi connectivity index (χ3n) is 4.24. The molecule has 1 spiro atoms. The highest BCUT2D eigenvalue weighted by Gasteiger charge is 2.62. The van der Waals surface area contributed by atoms with Crippen molar-refractivity contribution >= 4 is 11.9 Å². The van der Waals surface area contributed by atoms with E-state index in [0.717, 1.165) is 6.42 Å². The second-order valence-corrected chi connectivity index (χ2v) is 5.19. The van der Waals surface area contributed by atoms with Gasteiger partial charge in [-0.05, 0) is 12.8 Å². The first kappa shape index (κ1) is 10.9. The van der Waals surface area contributed by atoms with E-state index >= 15 is 0 Å². The number of fused-ring (bicyclic) bond motifs is 3. The number of rotatable bonds is 1. The smallest absolute Gasteiger partial charge is 0.421 e.